The maximum atomic E-state index is 12.3. The van der Waals surface area contributed by atoms with E-state index in [4.69, 9.17) is 9.40 Å². The van der Waals surface area contributed by atoms with Crippen LogP contribution in [0.3, 0.4) is 0 Å². The lowest BCUT2D eigenvalue weighted by atomic mass is 10.2. The van der Waals surface area contributed by atoms with Crippen LogP contribution in [0.5, 0.6) is 0 Å². The third-order valence-electron chi connectivity index (χ3n) is 4.88. The number of hydrogen-bond acceptors (Lipinski definition) is 4. The van der Waals surface area contributed by atoms with Gasteiger partial charge in [0.05, 0.1) is 30.7 Å². The third kappa shape index (κ3) is 2.89. The predicted molar refractivity (Wildman–Crippen MR) is 89.2 cm³/mol. The molecule has 0 saturated heterocycles. The summed E-state index contributed by atoms with van der Waals surface area (Å²) in [6, 6.07) is 2.23. The number of fused-ring (bicyclic) bond motifs is 1. The Kier molecular flexibility index (Phi) is 3.98. The zero-order valence-corrected chi connectivity index (χ0v) is 13.9. The number of imidazole rings is 1. The van der Waals surface area contributed by atoms with Gasteiger partial charge in [-0.15, -0.1) is 0 Å². The third-order valence-corrected chi connectivity index (χ3v) is 4.88. The summed E-state index contributed by atoms with van der Waals surface area (Å²) in [7, 11) is 0. The van der Waals surface area contributed by atoms with Crippen LogP contribution in [0, 0.1) is 0 Å². The van der Waals surface area contributed by atoms with Gasteiger partial charge in [0.25, 0.3) is 0 Å². The van der Waals surface area contributed by atoms with Crippen LogP contribution in [-0.2, 0) is 24.3 Å². The number of nitrogens with zero attached hydrogens (tertiary/aromatic N) is 4. The molecule has 0 N–H and O–H groups in total. The lowest BCUT2D eigenvalue weighted by Gasteiger charge is -2.33. The Balaban J connectivity index is 1.45. The van der Waals surface area contributed by atoms with E-state index in [0.29, 0.717) is 6.42 Å². The Hall–Kier alpha value is -2.34. The second-order valence-corrected chi connectivity index (χ2v) is 6.51. The number of rotatable bonds is 4. The van der Waals surface area contributed by atoms with Crippen molar-refractivity contribution in [2.45, 2.75) is 32.5 Å². The molecule has 4 heterocycles. The van der Waals surface area contributed by atoms with Gasteiger partial charge in [-0.25, -0.2) is 4.98 Å². The van der Waals surface area contributed by atoms with Crippen molar-refractivity contribution in [2.24, 2.45) is 0 Å². The van der Waals surface area contributed by atoms with E-state index in [1.165, 1.54) is 5.56 Å². The molecule has 2 aliphatic rings. The zero-order chi connectivity index (χ0) is 16.5. The summed E-state index contributed by atoms with van der Waals surface area (Å²) in [6.45, 7) is 6.36. The Morgan fingerprint density at radius 2 is 2.17 bits per heavy atom. The first kappa shape index (κ1) is 15.2. The van der Waals surface area contributed by atoms with Gasteiger partial charge >= 0.3 is 0 Å². The van der Waals surface area contributed by atoms with Gasteiger partial charge in [-0.1, -0.05) is 12.2 Å². The van der Waals surface area contributed by atoms with Crippen LogP contribution >= 0.6 is 0 Å². The van der Waals surface area contributed by atoms with Gasteiger partial charge in [0, 0.05) is 44.5 Å². The smallest absolute Gasteiger partial charge is 0.229 e. The average Bonchev–Trinajstić information content (AvgIpc) is 3.30. The van der Waals surface area contributed by atoms with Gasteiger partial charge in [-0.2, -0.15) is 0 Å². The summed E-state index contributed by atoms with van der Waals surface area (Å²) in [6.07, 6.45) is 10.0. The van der Waals surface area contributed by atoms with Crippen LogP contribution in [0.4, 0.5) is 0 Å². The summed E-state index contributed by atoms with van der Waals surface area (Å²) in [5.41, 5.74) is 2.05. The highest BCUT2D eigenvalue weighted by atomic mass is 16.3. The van der Waals surface area contributed by atoms with Crippen molar-refractivity contribution in [3.8, 4) is 0 Å². The van der Waals surface area contributed by atoms with Crippen molar-refractivity contribution in [1.82, 2.24) is 19.4 Å². The summed E-state index contributed by atoms with van der Waals surface area (Å²) in [5.74, 6) is 1.20. The minimum absolute atomic E-state index is 0.151. The minimum Gasteiger partial charge on any atom is -0.472 e. The molecule has 24 heavy (non-hydrogen) atoms. The molecule has 1 amide bonds. The standard InChI is InChI=1S/C18H22N4O2/c1-14-18-19-16(10-17(23)20-5-2-3-6-20)12-22(18)8-7-21(14)11-15-4-9-24-13-15/h2-4,9,12-14H,5-8,10-11H2,1H3/t14-/m0/s1. The van der Waals surface area contributed by atoms with Crippen molar-refractivity contribution < 1.29 is 9.21 Å². The average molecular weight is 326 g/mol. The Morgan fingerprint density at radius 1 is 1.33 bits per heavy atom. The highest BCUT2D eigenvalue weighted by Gasteiger charge is 2.27. The maximum Gasteiger partial charge on any atom is 0.229 e. The van der Waals surface area contributed by atoms with Crippen LogP contribution in [0.2, 0.25) is 0 Å². The largest absolute Gasteiger partial charge is 0.472 e. The van der Waals surface area contributed by atoms with Gasteiger partial charge in [0.15, 0.2) is 0 Å². The topological polar surface area (TPSA) is 54.5 Å². The van der Waals surface area contributed by atoms with Gasteiger partial charge in [-0.3, -0.25) is 9.69 Å². The van der Waals surface area contributed by atoms with Gasteiger partial charge in [0.2, 0.25) is 5.91 Å². The van der Waals surface area contributed by atoms with E-state index >= 15 is 0 Å². The van der Waals surface area contributed by atoms with Crippen molar-refractivity contribution in [3.05, 3.63) is 54.0 Å². The molecule has 0 radical (unpaired) electrons. The Morgan fingerprint density at radius 3 is 2.92 bits per heavy atom. The molecule has 0 unspecified atom stereocenters. The maximum absolute atomic E-state index is 12.3. The number of hydrogen-bond donors (Lipinski definition) is 0. The number of furan rings is 1. The second kappa shape index (κ2) is 6.28. The van der Waals surface area contributed by atoms with E-state index < -0.39 is 0 Å². The molecule has 4 rings (SSSR count). The fourth-order valence-corrected chi connectivity index (χ4v) is 3.46. The first-order valence-electron chi connectivity index (χ1n) is 8.44. The van der Waals surface area contributed by atoms with Gasteiger partial charge in [0.1, 0.15) is 5.82 Å². The number of carbonyl (C=O) groups is 1. The van der Waals surface area contributed by atoms with Crippen molar-refractivity contribution >= 4 is 5.91 Å². The molecule has 2 aromatic heterocycles. The van der Waals surface area contributed by atoms with Crippen molar-refractivity contribution in [2.75, 3.05) is 19.6 Å². The molecule has 0 saturated carbocycles. The van der Waals surface area contributed by atoms with Crippen LogP contribution in [0.15, 0.2) is 41.4 Å². The van der Waals surface area contributed by atoms with Crippen LogP contribution < -0.4 is 0 Å². The van der Waals surface area contributed by atoms with E-state index in [2.05, 4.69) is 16.4 Å². The van der Waals surface area contributed by atoms with E-state index in [0.717, 1.165) is 44.2 Å². The Labute approximate surface area is 141 Å². The molecular formula is C18H22N4O2. The fourth-order valence-electron chi connectivity index (χ4n) is 3.46. The molecule has 0 aliphatic carbocycles. The second-order valence-electron chi connectivity index (χ2n) is 6.51. The molecule has 6 heteroatoms. The number of carbonyl (C=O) groups excluding carboxylic acids is 1. The summed E-state index contributed by atoms with van der Waals surface area (Å²) >= 11 is 0. The first-order valence-corrected chi connectivity index (χ1v) is 8.44. The summed E-state index contributed by atoms with van der Waals surface area (Å²) in [4.78, 5) is 21.3. The summed E-state index contributed by atoms with van der Waals surface area (Å²) in [5, 5.41) is 0. The lowest BCUT2D eigenvalue weighted by molar-refractivity contribution is -0.129. The van der Waals surface area contributed by atoms with Crippen LogP contribution in [0.1, 0.15) is 30.0 Å². The van der Waals surface area contributed by atoms with Crippen molar-refractivity contribution in [3.63, 3.8) is 0 Å². The van der Waals surface area contributed by atoms with Gasteiger partial charge in [-0.05, 0) is 13.0 Å². The monoisotopic (exact) mass is 326 g/mol. The predicted octanol–water partition coefficient (Wildman–Crippen LogP) is 1.99. The molecule has 0 bridgehead atoms. The van der Waals surface area contributed by atoms with E-state index in [1.807, 2.05) is 29.3 Å². The van der Waals surface area contributed by atoms with Crippen LogP contribution in [-0.4, -0.2) is 44.9 Å². The number of amides is 1. The number of aromatic nitrogens is 2. The minimum atomic E-state index is 0.151. The normalized spacial score (nSPS) is 20.5. The highest BCUT2D eigenvalue weighted by Crippen LogP contribution is 2.26. The van der Waals surface area contributed by atoms with Gasteiger partial charge < -0.3 is 13.9 Å². The Bertz CT molecular complexity index is 739. The first-order chi connectivity index (χ1) is 11.7. The SMILES string of the molecule is C[C@H]1c2nc(CC(=O)N3CC=CC3)cn2CCN1Cc1ccoc1. The fraction of sp³-hybridized carbons (Fsp3) is 0.444. The lowest BCUT2D eigenvalue weighted by Crippen LogP contribution is -2.36. The highest BCUT2D eigenvalue weighted by molar-refractivity contribution is 5.79. The zero-order valence-electron chi connectivity index (χ0n) is 13.9. The van der Waals surface area contributed by atoms with E-state index in [1.54, 1.807) is 12.5 Å². The molecular weight excluding hydrogens is 304 g/mol. The molecule has 0 fully saturated rings. The molecule has 2 aromatic rings. The molecule has 2 aliphatic heterocycles. The molecule has 0 spiro atoms. The quantitative estimate of drug-likeness (QED) is 0.807. The molecule has 0 aromatic carbocycles. The van der Waals surface area contributed by atoms with E-state index in [9.17, 15) is 4.79 Å². The molecule has 126 valence electrons. The summed E-state index contributed by atoms with van der Waals surface area (Å²) < 4.78 is 7.36. The molecule has 6 nitrogen and oxygen atoms in total. The van der Waals surface area contributed by atoms with Crippen LogP contribution in [0.25, 0.3) is 0 Å². The van der Waals surface area contributed by atoms with E-state index in [-0.39, 0.29) is 11.9 Å². The molecule has 1 atom stereocenters. The van der Waals surface area contributed by atoms with Crippen molar-refractivity contribution in [1.29, 1.82) is 0 Å².